The summed E-state index contributed by atoms with van der Waals surface area (Å²) in [5, 5.41) is 9.91. The highest BCUT2D eigenvalue weighted by atomic mass is 16.6. The lowest BCUT2D eigenvalue weighted by molar-refractivity contribution is -0.175. The van der Waals surface area contributed by atoms with Crippen LogP contribution in [0.1, 0.15) is 0 Å². The highest BCUT2D eigenvalue weighted by molar-refractivity contribution is 6.01. The summed E-state index contributed by atoms with van der Waals surface area (Å²) in [4.78, 5) is 12.9. The van der Waals surface area contributed by atoms with E-state index in [1.165, 1.54) is 18.2 Å². The van der Waals surface area contributed by atoms with E-state index >= 15 is 0 Å². The molecule has 0 spiro atoms. The second kappa shape index (κ2) is 2.68. The number of morpholine rings is 1. The van der Waals surface area contributed by atoms with Gasteiger partial charge in [-0.05, 0) is 12.2 Å². The van der Waals surface area contributed by atoms with E-state index in [1.54, 1.807) is 0 Å². The number of allylic oxidation sites excluding steroid dienone is 2. The van der Waals surface area contributed by atoms with Gasteiger partial charge in [0.1, 0.15) is 0 Å². The third kappa shape index (κ3) is 1.28. The third-order valence-electron chi connectivity index (χ3n) is 2.28. The summed E-state index contributed by atoms with van der Waals surface area (Å²) in [5.74, 6) is -1.50. The Morgan fingerprint density at radius 1 is 1.69 bits per heavy atom. The Bertz CT molecular complexity index is 308. The standard InChI is InChI=1S/C9H11NO3/c1-10-4-5-13-9(12)3-2-7(11)6-8(9)10/h2-3,6,12H,4-5H2,1H3. The summed E-state index contributed by atoms with van der Waals surface area (Å²) in [5.41, 5.74) is 0.520. The first-order chi connectivity index (χ1) is 6.12. The molecule has 0 aromatic rings. The highest BCUT2D eigenvalue weighted by Crippen LogP contribution is 2.29. The number of nitrogens with zero attached hydrogens (tertiary/aromatic N) is 1. The van der Waals surface area contributed by atoms with Crippen molar-refractivity contribution in [1.29, 1.82) is 0 Å². The van der Waals surface area contributed by atoms with E-state index in [0.29, 0.717) is 18.8 Å². The minimum atomic E-state index is -1.39. The Labute approximate surface area is 76.1 Å². The van der Waals surface area contributed by atoms with Gasteiger partial charge in [-0.3, -0.25) is 4.79 Å². The van der Waals surface area contributed by atoms with Crippen molar-refractivity contribution in [3.05, 3.63) is 23.9 Å². The van der Waals surface area contributed by atoms with Crippen LogP contribution in [0.15, 0.2) is 23.9 Å². The number of ether oxygens (including phenoxy) is 1. The number of hydrogen-bond donors (Lipinski definition) is 1. The van der Waals surface area contributed by atoms with Gasteiger partial charge in [0.2, 0.25) is 5.79 Å². The lowest BCUT2D eigenvalue weighted by Crippen LogP contribution is -2.48. The maximum absolute atomic E-state index is 11.0. The Kier molecular flexibility index (Phi) is 1.75. The molecular weight excluding hydrogens is 170 g/mol. The molecule has 13 heavy (non-hydrogen) atoms. The van der Waals surface area contributed by atoms with E-state index in [2.05, 4.69) is 0 Å². The number of rotatable bonds is 0. The zero-order valence-corrected chi connectivity index (χ0v) is 7.36. The first-order valence-corrected chi connectivity index (χ1v) is 4.15. The van der Waals surface area contributed by atoms with Crippen LogP contribution in [0.3, 0.4) is 0 Å². The van der Waals surface area contributed by atoms with Crippen molar-refractivity contribution in [2.75, 3.05) is 20.2 Å². The van der Waals surface area contributed by atoms with Crippen LogP contribution in [-0.4, -0.2) is 41.8 Å². The molecule has 1 atom stereocenters. The molecule has 4 heteroatoms. The number of aliphatic hydroxyl groups is 1. The summed E-state index contributed by atoms with van der Waals surface area (Å²) in [7, 11) is 1.83. The molecule has 1 fully saturated rings. The number of likely N-dealkylation sites (N-methyl/N-ethyl adjacent to an activating group) is 1. The van der Waals surface area contributed by atoms with Gasteiger partial charge in [0.25, 0.3) is 0 Å². The molecule has 1 unspecified atom stereocenters. The molecule has 4 nitrogen and oxygen atoms in total. The van der Waals surface area contributed by atoms with Gasteiger partial charge in [0, 0.05) is 19.7 Å². The van der Waals surface area contributed by atoms with Gasteiger partial charge >= 0.3 is 0 Å². The minimum absolute atomic E-state index is 0.114. The second-order valence-corrected chi connectivity index (χ2v) is 3.23. The summed E-state index contributed by atoms with van der Waals surface area (Å²) >= 11 is 0. The first kappa shape index (κ1) is 8.47. The van der Waals surface area contributed by atoms with Crippen molar-refractivity contribution in [3.8, 4) is 0 Å². The fourth-order valence-electron chi connectivity index (χ4n) is 1.53. The molecule has 1 N–H and O–H groups in total. The zero-order valence-electron chi connectivity index (χ0n) is 7.36. The average Bonchev–Trinajstić information content (AvgIpc) is 2.08. The Balaban J connectivity index is 2.39. The molecule has 1 heterocycles. The van der Waals surface area contributed by atoms with Crippen LogP contribution in [0.2, 0.25) is 0 Å². The normalized spacial score (nSPS) is 32.9. The van der Waals surface area contributed by atoms with E-state index in [4.69, 9.17) is 4.74 Å². The summed E-state index contributed by atoms with van der Waals surface area (Å²) < 4.78 is 5.19. The van der Waals surface area contributed by atoms with Gasteiger partial charge in [0.05, 0.1) is 12.3 Å². The van der Waals surface area contributed by atoms with Crippen molar-refractivity contribution in [2.45, 2.75) is 5.79 Å². The smallest absolute Gasteiger partial charge is 0.228 e. The van der Waals surface area contributed by atoms with E-state index in [9.17, 15) is 9.90 Å². The summed E-state index contributed by atoms with van der Waals surface area (Å²) in [6, 6.07) is 0. The molecule has 0 bridgehead atoms. The predicted molar refractivity (Wildman–Crippen MR) is 45.8 cm³/mol. The largest absolute Gasteiger partial charge is 0.371 e. The topological polar surface area (TPSA) is 49.8 Å². The van der Waals surface area contributed by atoms with Gasteiger partial charge < -0.3 is 14.7 Å². The van der Waals surface area contributed by atoms with Crippen LogP contribution >= 0.6 is 0 Å². The van der Waals surface area contributed by atoms with Gasteiger partial charge in [-0.15, -0.1) is 0 Å². The maximum Gasteiger partial charge on any atom is 0.228 e. The number of ketones is 1. The van der Waals surface area contributed by atoms with Gasteiger partial charge in [-0.1, -0.05) is 0 Å². The molecule has 70 valence electrons. The molecule has 1 aliphatic heterocycles. The van der Waals surface area contributed by atoms with Crippen LogP contribution < -0.4 is 0 Å². The Morgan fingerprint density at radius 2 is 2.46 bits per heavy atom. The lowest BCUT2D eigenvalue weighted by atomic mass is 10.0. The lowest BCUT2D eigenvalue weighted by Gasteiger charge is -2.40. The number of carbonyl (C=O) groups excluding carboxylic acids is 1. The van der Waals surface area contributed by atoms with E-state index in [1.807, 2.05) is 11.9 Å². The molecule has 0 aromatic heterocycles. The van der Waals surface area contributed by atoms with Crippen molar-refractivity contribution in [1.82, 2.24) is 4.90 Å². The number of carbonyl (C=O) groups is 1. The molecular formula is C9H11NO3. The molecule has 0 amide bonds. The van der Waals surface area contributed by atoms with E-state index < -0.39 is 5.79 Å². The Morgan fingerprint density at radius 3 is 3.23 bits per heavy atom. The number of fused-ring (bicyclic) bond motifs is 1. The van der Waals surface area contributed by atoms with E-state index in [-0.39, 0.29) is 5.78 Å². The van der Waals surface area contributed by atoms with Gasteiger partial charge in [-0.25, -0.2) is 0 Å². The maximum atomic E-state index is 11.0. The number of hydrogen-bond acceptors (Lipinski definition) is 4. The van der Waals surface area contributed by atoms with Crippen molar-refractivity contribution < 1.29 is 14.6 Å². The quantitative estimate of drug-likeness (QED) is 0.555. The highest BCUT2D eigenvalue weighted by Gasteiger charge is 2.38. The van der Waals surface area contributed by atoms with Crippen molar-refractivity contribution >= 4 is 5.78 Å². The van der Waals surface area contributed by atoms with Crippen LogP contribution in [0.25, 0.3) is 0 Å². The molecule has 0 radical (unpaired) electrons. The molecule has 2 rings (SSSR count). The van der Waals surface area contributed by atoms with Crippen LogP contribution in [0.5, 0.6) is 0 Å². The molecule has 0 aromatic carbocycles. The zero-order chi connectivity index (χ0) is 9.47. The van der Waals surface area contributed by atoms with E-state index in [0.717, 1.165) is 0 Å². The predicted octanol–water partition coefficient (Wildman–Crippen LogP) is -0.340. The molecule has 0 saturated carbocycles. The summed E-state index contributed by atoms with van der Waals surface area (Å²) in [6.45, 7) is 1.15. The fraction of sp³-hybridized carbons (Fsp3) is 0.444. The van der Waals surface area contributed by atoms with Crippen LogP contribution in [-0.2, 0) is 9.53 Å². The van der Waals surface area contributed by atoms with Crippen molar-refractivity contribution in [3.63, 3.8) is 0 Å². The molecule has 1 aliphatic carbocycles. The van der Waals surface area contributed by atoms with Crippen LogP contribution in [0, 0.1) is 0 Å². The molecule has 1 saturated heterocycles. The third-order valence-corrected chi connectivity index (χ3v) is 2.28. The van der Waals surface area contributed by atoms with Crippen LogP contribution in [0.4, 0.5) is 0 Å². The average molecular weight is 181 g/mol. The summed E-state index contributed by atoms with van der Waals surface area (Å²) in [6.07, 6.45) is 4.11. The fourth-order valence-corrected chi connectivity index (χ4v) is 1.53. The minimum Gasteiger partial charge on any atom is -0.371 e. The second-order valence-electron chi connectivity index (χ2n) is 3.23. The first-order valence-electron chi connectivity index (χ1n) is 4.15. The SMILES string of the molecule is CN1CCOC2(O)C=CC(=O)C=C12. The monoisotopic (exact) mass is 181 g/mol. The Hall–Kier alpha value is -1.13. The molecule has 2 aliphatic rings. The van der Waals surface area contributed by atoms with Gasteiger partial charge in [0.15, 0.2) is 5.78 Å². The van der Waals surface area contributed by atoms with Gasteiger partial charge in [-0.2, -0.15) is 0 Å². The van der Waals surface area contributed by atoms with Crippen molar-refractivity contribution in [2.24, 2.45) is 0 Å².